The predicted molar refractivity (Wildman–Crippen MR) is 113 cm³/mol. The number of carbonyl (C=O) groups is 3. The molecule has 0 atom stereocenters. The van der Waals surface area contributed by atoms with E-state index in [4.69, 9.17) is 9.47 Å². The molecule has 3 amide bonds. The highest BCUT2D eigenvalue weighted by Gasteiger charge is 2.25. The van der Waals surface area contributed by atoms with Gasteiger partial charge in [-0.25, -0.2) is 4.79 Å². The molecular weight excluding hydrogens is 386 g/mol. The second-order valence-corrected chi connectivity index (χ2v) is 8.33. The van der Waals surface area contributed by atoms with E-state index in [1.807, 2.05) is 31.2 Å². The number of benzene rings is 1. The number of hydrogen-bond donors (Lipinski definition) is 2. The van der Waals surface area contributed by atoms with Crippen molar-refractivity contribution in [1.29, 1.82) is 0 Å². The fourth-order valence-electron chi connectivity index (χ4n) is 3.20. The molecule has 0 radical (unpaired) electrons. The van der Waals surface area contributed by atoms with E-state index in [2.05, 4.69) is 10.6 Å². The first kappa shape index (κ1) is 23.5. The first-order valence-corrected chi connectivity index (χ1v) is 10.4. The van der Waals surface area contributed by atoms with Crippen molar-refractivity contribution in [3.8, 4) is 5.75 Å². The average molecular weight is 420 g/mol. The highest BCUT2D eigenvalue weighted by Crippen LogP contribution is 2.18. The first-order valence-electron chi connectivity index (χ1n) is 10.4. The van der Waals surface area contributed by atoms with Crippen molar-refractivity contribution in [1.82, 2.24) is 15.5 Å². The molecule has 1 fully saturated rings. The van der Waals surface area contributed by atoms with Crippen LogP contribution in [0.25, 0.3) is 0 Å². The third-order valence-corrected chi connectivity index (χ3v) is 4.71. The van der Waals surface area contributed by atoms with Crippen LogP contribution in [0, 0.1) is 0 Å². The lowest BCUT2D eigenvalue weighted by atomic mass is 10.0. The fraction of sp³-hybridized carbons (Fsp3) is 0.591. The number of carbonyl (C=O) groups excluding carboxylic acids is 3. The van der Waals surface area contributed by atoms with Crippen LogP contribution in [0.2, 0.25) is 0 Å². The van der Waals surface area contributed by atoms with E-state index in [-0.39, 0.29) is 31.0 Å². The van der Waals surface area contributed by atoms with Crippen molar-refractivity contribution in [2.24, 2.45) is 0 Å². The van der Waals surface area contributed by atoms with Gasteiger partial charge in [0.15, 0.2) is 6.61 Å². The van der Waals surface area contributed by atoms with Crippen LogP contribution >= 0.6 is 0 Å². The van der Waals surface area contributed by atoms with Gasteiger partial charge >= 0.3 is 6.09 Å². The fourth-order valence-corrected chi connectivity index (χ4v) is 3.20. The lowest BCUT2D eigenvalue weighted by Gasteiger charge is -2.32. The van der Waals surface area contributed by atoms with E-state index in [0.717, 1.165) is 17.7 Å². The predicted octanol–water partition coefficient (Wildman–Crippen LogP) is 2.26. The quantitative estimate of drug-likeness (QED) is 0.707. The monoisotopic (exact) mass is 419 g/mol. The summed E-state index contributed by atoms with van der Waals surface area (Å²) in [6, 6.07) is 7.69. The summed E-state index contributed by atoms with van der Waals surface area (Å²) >= 11 is 0. The molecule has 1 aromatic rings. The van der Waals surface area contributed by atoms with Crippen LogP contribution in [0.3, 0.4) is 0 Å². The summed E-state index contributed by atoms with van der Waals surface area (Å²) in [7, 11) is 0. The van der Waals surface area contributed by atoms with Crippen LogP contribution in [0.15, 0.2) is 24.3 Å². The molecule has 0 bridgehead atoms. The number of aryl methyl sites for hydroxylation is 1. The number of hydrogen-bond acceptors (Lipinski definition) is 5. The molecule has 0 aromatic heterocycles. The average Bonchev–Trinajstić information content (AvgIpc) is 2.70. The molecule has 0 aliphatic carbocycles. The second kappa shape index (κ2) is 10.8. The van der Waals surface area contributed by atoms with E-state index < -0.39 is 11.7 Å². The molecule has 0 spiro atoms. The Balaban J connectivity index is 1.68. The molecule has 8 heteroatoms. The molecule has 1 aliphatic heterocycles. The van der Waals surface area contributed by atoms with Crippen molar-refractivity contribution in [3.63, 3.8) is 0 Å². The molecule has 1 aliphatic rings. The van der Waals surface area contributed by atoms with E-state index in [9.17, 15) is 14.4 Å². The summed E-state index contributed by atoms with van der Waals surface area (Å²) in [6.45, 7) is 8.26. The number of alkyl carbamates (subject to hydrolysis) is 1. The number of para-hydroxylation sites is 1. The largest absolute Gasteiger partial charge is 0.483 e. The molecule has 2 N–H and O–H groups in total. The topological polar surface area (TPSA) is 97.0 Å². The Morgan fingerprint density at radius 2 is 1.80 bits per heavy atom. The SMILES string of the molecule is CCc1ccccc1OCC(=O)NC1CCN(C(=O)CNC(=O)OC(C)(C)C)CC1. The van der Waals surface area contributed by atoms with E-state index >= 15 is 0 Å². The van der Waals surface area contributed by atoms with E-state index in [1.165, 1.54) is 0 Å². The Hall–Kier alpha value is -2.77. The molecule has 2 rings (SSSR count). The van der Waals surface area contributed by atoms with Crippen molar-refractivity contribution >= 4 is 17.9 Å². The van der Waals surface area contributed by atoms with Gasteiger partial charge in [-0.15, -0.1) is 0 Å². The van der Waals surface area contributed by atoms with Gasteiger partial charge in [0, 0.05) is 19.1 Å². The number of amides is 3. The smallest absolute Gasteiger partial charge is 0.408 e. The molecule has 1 saturated heterocycles. The van der Waals surface area contributed by atoms with Gasteiger partial charge in [-0.2, -0.15) is 0 Å². The lowest BCUT2D eigenvalue weighted by molar-refractivity contribution is -0.131. The minimum Gasteiger partial charge on any atom is -0.483 e. The van der Waals surface area contributed by atoms with Crippen LogP contribution in [-0.4, -0.2) is 60.7 Å². The number of piperidine rings is 1. The molecule has 8 nitrogen and oxygen atoms in total. The van der Waals surface area contributed by atoms with Crippen LogP contribution < -0.4 is 15.4 Å². The molecule has 0 unspecified atom stereocenters. The summed E-state index contributed by atoms with van der Waals surface area (Å²) in [4.78, 5) is 37.8. The molecule has 166 valence electrons. The molecule has 1 heterocycles. The van der Waals surface area contributed by atoms with Crippen LogP contribution in [-0.2, 0) is 20.7 Å². The zero-order valence-corrected chi connectivity index (χ0v) is 18.3. The summed E-state index contributed by atoms with van der Waals surface area (Å²) in [5.74, 6) is 0.399. The van der Waals surface area contributed by atoms with E-state index in [1.54, 1.807) is 25.7 Å². The van der Waals surface area contributed by atoms with Crippen molar-refractivity contribution in [2.45, 2.75) is 58.6 Å². The van der Waals surface area contributed by atoms with Crippen molar-refractivity contribution < 1.29 is 23.9 Å². The number of nitrogens with one attached hydrogen (secondary N) is 2. The molecule has 0 saturated carbocycles. The van der Waals surface area contributed by atoms with Gasteiger partial charge in [0.2, 0.25) is 5.91 Å². The summed E-state index contributed by atoms with van der Waals surface area (Å²) in [5, 5.41) is 5.45. The number of likely N-dealkylation sites (tertiary alicyclic amines) is 1. The zero-order chi connectivity index (χ0) is 22.1. The second-order valence-electron chi connectivity index (χ2n) is 8.33. The molecule has 1 aromatic carbocycles. The van der Waals surface area contributed by atoms with Gasteiger partial charge in [-0.1, -0.05) is 25.1 Å². The maximum Gasteiger partial charge on any atom is 0.408 e. The Morgan fingerprint density at radius 1 is 1.13 bits per heavy atom. The lowest BCUT2D eigenvalue weighted by Crippen LogP contribution is -2.49. The van der Waals surface area contributed by atoms with Crippen molar-refractivity contribution in [2.75, 3.05) is 26.2 Å². The van der Waals surface area contributed by atoms with Gasteiger partial charge in [-0.3, -0.25) is 9.59 Å². The van der Waals surface area contributed by atoms with Gasteiger partial charge in [0.1, 0.15) is 17.9 Å². The Kier molecular flexibility index (Phi) is 8.50. The Bertz CT molecular complexity index is 737. The number of nitrogens with zero attached hydrogens (tertiary/aromatic N) is 1. The van der Waals surface area contributed by atoms with E-state index in [0.29, 0.717) is 25.9 Å². The Morgan fingerprint density at radius 3 is 2.43 bits per heavy atom. The van der Waals surface area contributed by atoms with Gasteiger partial charge in [0.05, 0.1) is 0 Å². The first-order chi connectivity index (χ1) is 14.2. The minimum absolute atomic E-state index is 0.00499. The van der Waals surface area contributed by atoms with Crippen LogP contribution in [0.1, 0.15) is 46.1 Å². The maximum atomic E-state index is 12.3. The highest BCUT2D eigenvalue weighted by molar-refractivity contribution is 5.82. The minimum atomic E-state index is -0.609. The Labute approximate surface area is 178 Å². The standard InChI is InChI=1S/C22H33N3O5/c1-5-16-8-6-7-9-18(16)29-15-19(26)24-17-10-12-25(13-11-17)20(27)14-23-21(28)30-22(2,3)4/h6-9,17H,5,10-15H2,1-4H3,(H,23,28)(H,24,26). The third-order valence-electron chi connectivity index (χ3n) is 4.71. The van der Waals surface area contributed by atoms with Gasteiger partial charge in [-0.05, 0) is 51.7 Å². The summed E-state index contributed by atoms with van der Waals surface area (Å²) < 4.78 is 10.8. The van der Waals surface area contributed by atoms with Gasteiger partial charge in [0.25, 0.3) is 5.91 Å². The van der Waals surface area contributed by atoms with Crippen molar-refractivity contribution in [3.05, 3.63) is 29.8 Å². The van der Waals surface area contributed by atoms with Crippen LogP contribution in [0.5, 0.6) is 5.75 Å². The summed E-state index contributed by atoms with van der Waals surface area (Å²) in [6.07, 6.45) is 1.56. The highest BCUT2D eigenvalue weighted by atomic mass is 16.6. The molecule has 30 heavy (non-hydrogen) atoms. The molecular formula is C22H33N3O5. The number of rotatable bonds is 7. The summed E-state index contributed by atoms with van der Waals surface area (Å²) in [5.41, 5.74) is 0.462. The number of ether oxygens (including phenoxy) is 2. The zero-order valence-electron chi connectivity index (χ0n) is 18.3. The van der Waals surface area contributed by atoms with Crippen LogP contribution in [0.4, 0.5) is 4.79 Å². The van der Waals surface area contributed by atoms with Gasteiger partial charge < -0.3 is 25.0 Å². The maximum absolute atomic E-state index is 12.3. The third kappa shape index (κ3) is 7.93. The normalized spacial score (nSPS) is 14.7.